The molecule has 2 rings (SSSR count). The van der Waals surface area contributed by atoms with Gasteiger partial charge in [0.1, 0.15) is 11.6 Å². The molecule has 0 radical (unpaired) electrons. The van der Waals surface area contributed by atoms with E-state index >= 15 is 0 Å². The lowest BCUT2D eigenvalue weighted by Gasteiger charge is -2.07. The number of hydrogen-bond acceptors (Lipinski definition) is 4. The van der Waals surface area contributed by atoms with Crippen LogP contribution in [0.3, 0.4) is 0 Å². The Balaban J connectivity index is 2.11. The average molecular weight is 261 g/mol. The minimum Gasteiger partial charge on any atom is -0.437 e. The Morgan fingerprint density at radius 3 is 2.89 bits per heavy atom. The predicted molar refractivity (Wildman–Crippen MR) is 70.6 cm³/mol. The normalized spacial score (nSPS) is 10.5. The van der Waals surface area contributed by atoms with Gasteiger partial charge in [-0.1, -0.05) is 13.0 Å². The molecule has 0 saturated heterocycles. The first kappa shape index (κ1) is 13.4. The molecule has 19 heavy (non-hydrogen) atoms. The SMILES string of the molecule is CCNCc1cncc(Oc2ccc(C)c(F)c2)n1. The maximum absolute atomic E-state index is 13.4. The van der Waals surface area contributed by atoms with E-state index in [4.69, 9.17) is 4.74 Å². The molecule has 0 unspecified atom stereocenters. The van der Waals surface area contributed by atoms with Crippen LogP contribution in [0, 0.1) is 12.7 Å². The minimum atomic E-state index is -0.297. The quantitative estimate of drug-likeness (QED) is 0.899. The van der Waals surface area contributed by atoms with Crippen molar-refractivity contribution in [3.63, 3.8) is 0 Å². The highest BCUT2D eigenvalue weighted by molar-refractivity contribution is 5.30. The van der Waals surface area contributed by atoms with Crippen LogP contribution in [-0.2, 0) is 6.54 Å². The standard InChI is InChI=1S/C14H16FN3O/c1-3-16-7-11-8-17-9-14(18-11)19-12-5-4-10(2)13(15)6-12/h4-6,8-9,16H,3,7H2,1-2H3. The molecule has 4 nitrogen and oxygen atoms in total. The second-order valence-electron chi connectivity index (χ2n) is 4.14. The van der Waals surface area contributed by atoms with Crippen molar-refractivity contribution in [1.29, 1.82) is 0 Å². The van der Waals surface area contributed by atoms with Crippen LogP contribution in [0.4, 0.5) is 4.39 Å². The monoisotopic (exact) mass is 261 g/mol. The highest BCUT2D eigenvalue weighted by atomic mass is 19.1. The first-order valence-electron chi connectivity index (χ1n) is 6.14. The van der Waals surface area contributed by atoms with Crippen molar-refractivity contribution >= 4 is 0 Å². The van der Waals surface area contributed by atoms with Gasteiger partial charge in [-0.15, -0.1) is 0 Å². The third-order valence-corrected chi connectivity index (χ3v) is 2.58. The molecule has 0 aliphatic heterocycles. The Kier molecular flexibility index (Phi) is 4.41. The zero-order chi connectivity index (χ0) is 13.7. The largest absolute Gasteiger partial charge is 0.437 e. The summed E-state index contributed by atoms with van der Waals surface area (Å²) in [6, 6.07) is 4.71. The highest BCUT2D eigenvalue weighted by Crippen LogP contribution is 2.21. The van der Waals surface area contributed by atoms with Crippen LogP contribution in [0.25, 0.3) is 0 Å². The average Bonchev–Trinajstić information content (AvgIpc) is 2.41. The lowest BCUT2D eigenvalue weighted by Crippen LogP contribution is -2.13. The Bertz CT molecular complexity index is 560. The van der Waals surface area contributed by atoms with Crippen LogP contribution in [0.15, 0.2) is 30.6 Å². The van der Waals surface area contributed by atoms with Gasteiger partial charge in [-0.25, -0.2) is 9.37 Å². The van der Waals surface area contributed by atoms with Gasteiger partial charge in [-0.3, -0.25) is 4.98 Å². The topological polar surface area (TPSA) is 47.0 Å². The van der Waals surface area contributed by atoms with Crippen LogP contribution in [0.1, 0.15) is 18.2 Å². The number of nitrogens with zero attached hydrogens (tertiary/aromatic N) is 2. The fourth-order valence-corrected chi connectivity index (χ4v) is 1.53. The number of aromatic nitrogens is 2. The van der Waals surface area contributed by atoms with E-state index < -0.39 is 0 Å². The van der Waals surface area contributed by atoms with Crippen molar-refractivity contribution in [2.45, 2.75) is 20.4 Å². The van der Waals surface area contributed by atoms with E-state index in [0.717, 1.165) is 12.2 Å². The van der Waals surface area contributed by atoms with E-state index in [2.05, 4.69) is 15.3 Å². The second-order valence-corrected chi connectivity index (χ2v) is 4.14. The van der Waals surface area contributed by atoms with Crippen molar-refractivity contribution in [2.24, 2.45) is 0 Å². The van der Waals surface area contributed by atoms with Crippen LogP contribution in [-0.4, -0.2) is 16.5 Å². The molecule has 0 saturated carbocycles. The fraction of sp³-hybridized carbons (Fsp3) is 0.286. The van der Waals surface area contributed by atoms with E-state index in [9.17, 15) is 4.39 Å². The molecule has 0 aliphatic rings. The molecule has 0 atom stereocenters. The van der Waals surface area contributed by atoms with Gasteiger partial charge in [-0.05, 0) is 25.1 Å². The first-order valence-corrected chi connectivity index (χ1v) is 6.14. The Labute approximate surface area is 111 Å². The van der Waals surface area contributed by atoms with E-state index in [1.165, 1.54) is 12.3 Å². The van der Waals surface area contributed by atoms with Gasteiger partial charge in [0.05, 0.1) is 11.9 Å². The fourth-order valence-electron chi connectivity index (χ4n) is 1.53. The summed E-state index contributed by atoms with van der Waals surface area (Å²) in [6.07, 6.45) is 3.18. The highest BCUT2D eigenvalue weighted by Gasteiger charge is 2.04. The summed E-state index contributed by atoms with van der Waals surface area (Å²) in [4.78, 5) is 8.34. The molecule has 0 bridgehead atoms. The number of nitrogens with one attached hydrogen (secondary N) is 1. The second kappa shape index (κ2) is 6.24. The number of hydrogen-bond donors (Lipinski definition) is 1. The maximum Gasteiger partial charge on any atom is 0.238 e. The smallest absolute Gasteiger partial charge is 0.238 e. The summed E-state index contributed by atoms with van der Waals surface area (Å²) >= 11 is 0. The molecule has 5 heteroatoms. The van der Waals surface area contributed by atoms with Crippen molar-refractivity contribution < 1.29 is 9.13 Å². The van der Waals surface area contributed by atoms with Gasteiger partial charge in [-0.2, -0.15) is 0 Å². The summed E-state index contributed by atoms with van der Waals surface area (Å²) in [5.74, 6) is 0.478. The van der Waals surface area contributed by atoms with Gasteiger partial charge >= 0.3 is 0 Å². The summed E-state index contributed by atoms with van der Waals surface area (Å²) in [6.45, 7) is 5.21. The third-order valence-electron chi connectivity index (χ3n) is 2.58. The van der Waals surface area contributed by atoms with E-state index in [1.807, 2.05) is 6.92 Å². The molecule has 1 aromatic heterocycles. The summed E-state index contributed by atoms with van der Waals surface area (Å²) in [5.41, 5.74) is 1.37. The Morgan fingerprint density at radius 2 is 2.16 bits per heavy atom. The number of aryl methyl sites for hydroxylation is 1. The summed E-state index contributed by atoms with van der Waals surface area (Å²) in [7, 11) is 0. The van der Waals surface area contributed by atoms with Crippen LogP contribution in [0.5, 0.6) is 11.6 Å². The van der Waals surface area contributed by atoms with E-state index in [1.54, 1.807) is 25.3 Å². The first-order chi connectivity index (χ1) is 9.19. The minimum absolute atomic E-state index is 0.297. The van der Waals surface area contributed by atoms with Crippen molar-refractivity contribution in [1.82, 2.24) is 15.3 Å². The number of benzene rings is 1. The Morgan fingerprint density at radius 1 is 1.32 bits per heavy atom. The molecule has 1 aromatic carbocycles. The maximum atomic E-state index is 13.4. The lowest BCUT2D eigenvalue weighted by molar-refractivity contribution is 0.451. The molecule has 1 heterocycles. The Hall–Kier alpha value is -2.01. The van der Waals surface area contributed by atoms with Gasteiger partial charge in [0, 0.05) is 18.8 Å². The van der Waals surface area contributed by atoms with Crippen molar-refractivity contribution in [2.75, 3.05) is 6.54 Å². The molecular weight excluding hydrogens is 245 g/mol. The van der Waals surface area contributed by atoms with Crippen LogP contribution in [0.2, 0.25) is 0 Å². The number of halogens is 1. The van der Waals surface area contributed by atoms with Gasteiger partial charge in [0.25, 0.3) is 0 Å². The zero-order valence-corrected chi connectivity index (χ0v) is 11.0. The van der Waals surface area contributed by atoms with Crippen LogP contribution >= 0.6 is 0 Å². The molecule has 0 amide bonds. The molecule has 100 valence electrons. The summed E-state index contributed by atoms with van der Waals surface area (Å²) < 4.78 is 18.9. The molecule has 0 aliphatic carbocycles. The lowest BCUT2D eigenvalue weighted by atomic mass is 10.2. The molecule has 1 N–H and O–H groups in total. The number of rotatable bonds is 5. The molecule has 0 spiro atoms. The number of ether oxygens (including phenoxy) is 1. The molecule has 0 fully saturated rings. The van der Waals surface area contributed by atoms with Gasteiger partial charge in [0.2, 0.25) is 5.88 Å². The van der Waals surface area contributed by atoms with Gasteiger partial charge < -0.3 is 10.1 Å². The molecule has 2 aromatic rings. The van der Waals surface area contributed by atoms with Crippen LogP contribution < -0.4 is 10.1 Å². The predicted octanol–water partition coefficient (Wildman–Crippen LogP) is 2.83. The summed E-state index contributed by atoms with van der Waals surface area (Å²) in [5, 5.41) is 3.15. The van der Waals surface area contributed by atoms with Crippen molar-refractivity contribution in [3.05, 3.63) is 47.7 Å². The van der Waals surface area contributed by atoms with Crippen molar-refractivity contribution in [3.8, 4) is 11.6 Å². The zero-order valence-electron chi connectivity index (χ0n) is 11.0. The van der Waals surface area contributed by atoms with Gasteiger partial charge in [0.15, 0.2) is 0 Å². The van der Waals surface area contributed by atoms with E-state index in [-0.39, 0.29) is 5.82 Å². The third kappa shape index (κ3) is 3.72. The molecular formula is C14H16FN3O. The van der Waals surface area contributed by atoms with E-state index in [0.29, 0.717) is 23.7 Å².